The standard InChI is InChI=1S/C9H20O3S2Si/c1-5-13-6-7-14-8-9-15(10-2,11-3)12-4/h5H,1,6-9H2,2-4H3. The highest BCUT2D eigenvalue weighted by atomic mass is 32.2. The van der Waals surface area contributed by atoms with E-state index in [9.17, 15) is 0 Å². The van der Waals surface area contributed by atoms with E-state index >= 15 is 0 Å². The molecular weight excluding hydrogens is 248 g/mol. The van der Waals surface area contributed by atoms with Gasteiger partial charge in [-0.3, -0.25) is 0 Å². The molecule has 3 nitrogen and oxygen atoms in total. The molecule has 0 bridgehead atoms. The Bertz CT molecular complexity index is 157. The average molecular weight is 268 g/mol. The predicted molar refractivity (Wildman–Crippen MR) is 71.6 cm³/mol. The van der Waals surface area contributed by atoms with Crippen molar-refractivity contribution in [3.05, 3.63) is 12.0 Å². The van der Waals surface area contributed by atoms with Crippen molar-refractivity contribution >= 4 is 32.3 Å². The maximum Gasteiger partial charge on any atom is 0.500 e. The Morgan fingerprint density at radius 2 is 1.67 bits per heavy atom. The third-order valence-electron chi connectivity index (χ3n) is 1.95. The molecule has 0 aliphatic heterocycles. The van der Waals surface area contributed by atoms with Gasteiger partial charge in [0.15, 0.2) is 0 Å². The summed E-state index contributed by atoms with van der Waals surface area (Å²) in [5, 5.41) is 1.87. The van der Waals surface area contributed by atoms with Crippen LogP contribution in [0.1, 0.15) is 0 Å². The molecule has 0 heterocycles. The van der Waals surface area contributed by atoms with E-state index in [4.69, 9.17) is 13.3 Å². The van der Waals surface area contributed by atoms with Gasteiger partial charge in [-0.1, -0.05) is 6.58 Å². The third-order valence-corrected chi connectivity index (χ3v) is 6.96. The lowest BCUT2D eigenvalue weighted by Gasteiger charge is -2.23. The van der Waals surface area contributed by atoms with Crippen LogP contribution in [0.2, 0.25) is 6.04 Å². The predicted octanol–water partition coefficient (Wildman–Crippen LogP) is 2.47. The first kappa shape index (κ1) is 15.5. The summed E-state index contributed by atoms with van der Waals surface area (Å²) in [5.41, 5.74) is 0. The third kappa shape index (κ3) is 6.65. The van der Waals surface area contributed by atoms with Crippen molar-refractivity contribution in [3.63, 3.8) is 0 Å². The van der Waals surface area contributed by atoms with Crippen LogP contribution >= 0.6 is 23.5 Å². The van der Waals surface area contributed by atoms with Gasteiger partial charge >= 0.3 is 8.80 Å². The fourth-order valence-corrected chi connectivity index (χ4v) is 4.96. The van der Waals surface area contributed by atoms with E-state index in [0.717, 1.165) is 23.3 Å². The van der Waals surface area contributed by atoms with E-state index in [0.29, 0.717) is 0 Å². The summed E-state index contributed by atoms with van der Waals surface area (Å²) in [7, 11) is 2.62. The molecule has 0 saturated heterocycles. The lowest BCUT2D eigenvalue weighted by Crippen LogP contribution is -2.43. The highest BCUT2D eigenvalue weighted by Gasteiger charge is 2.36. The summed E-state index contributed by atoms with van der Waals surface area (Å²) in [6, 6.07) is 0.861. The number of rotatable bonds is 10. The molecule has 0 atom stereocenters. The minimum atomic E-state index is -2.33. The fourth-order valence-electron chi connectivity index (χ4n) is 1.05. The van der Waals surface area contributed by atoms with Gasteiger partial charge in [0, 0.05) is 38.9 Å². The smallest absolute Gasteiger partial charge is 0.377 e. The van der Waals surface area contributed by atoms with Gasteiger partial charge in [-0.25, -0.2) is 0 Å². The van der Waals surface area contributed by atoms with Crippen molar-refractivity contribution in [2.24, 2.45) is 0 Å². The van der Waals surface area contributed by atoms with Crippen LogP contribution in [-0.2, 0) is 13.3 Å². The van der Waals surface area contributed by atoms with Gasteiger partial charge in [-0.15, -0.1) is 11.8 Å². The van der Waals surface area contributed by atoms with Crippen molar-refractivity contribution in [2.75, 3.05) is 38.6 Å². The lowest BCUT2D eigenvalue weighted by molar-refractivity contribution is 0.125. The van der Waals surface area contributed by atoms with Crippen molar-refractivity contribution in [1.29, 1.82) is 0 Å². The van der Waals surface area contributed by atoms with Gasteiger partial charge in [-0.2, -0.15) is 11.8 Å². The molecule has 0 amide bonds. The van der Waals surface area contributed by atoms with Gasteiger partial charge in [0.25, 0.3) is 0 Å². The Balaban J connectivity index is 3.58. The SMILES string of the molecule is C=CSCCSCC[Si](OC)(OC)OC. The lowest BCUT2D eigenvalue weighted by atomic mass is 10.9. The fraction of sp³-hybridized carbons (Fsp3) is 0.778. The van der Waals surface area contributed by atoms with Gasteiger partial charge in [0.1, 0.15) is 0 Å². The molecule has 0 aromatic heterocycles. The molecule has 0 saturated carbocycles. The van der Waals surface area contributed by atoms with E-state index in [1.54, 1.807) is 33.1 Å². The van der Waals surface area contributed by atoms with E-state index in [1.807, 2.05) is 17.2 Å². The largest absolute Gasteiger partial charge is 0.500 e. The molecule has 0 N–H and O–H groups in total. The summed E-state index contributed by atoms with van der Waals surface area (Å²) in [6.45, 7) is 3.66. The van der Waals surface area contributed by atoms with Crippen molar-refractivity contribution in [3.8, 4) is 0 Å². The zero-order valence-corrected chi connectivity index (χ0v) is 12.3. The van der Waals surface area contributed by atoms with Crippen molar-refractivity contribution < 1.29 is 13.3 Å². The summed E-state index contributed by atoms with van der Waals surface area (Å²) in [4.78, 5) is 0. The zero-order valence-electron chi connectivity index (χ0n) is 9.65. The molecule has 0 aromatic carbocycles. The minimum Gasteiger partial charge on any atom is -0.377 e. The second-order valence-electron chi connectivity index (χ2n) is 2.70. The highest BCUT2D eigenvalue weighted by molar-refractivity contribution is 8.04. The Labute approximate surface area is 102 Å². The molecule has 90 valence electrons. The molecular formula is C9H20O3S2Si. The molecule has 15 heavy (non-hydrogen) atoms. The topological polar surface area (TPSA) is 27.7 Å². The normalized spacial score (nSPS) is 11.7. The molecule has 0 unspecified atom stereocenters. The Morgan fingerprint density at radius 3 is 2.13 bits per heavy atom. The quantitative estimate of drug-likeness (QED) is 0.448. The Hall–Kier alpha value is 0.537. The maximum atomic E-state index is 5.32. The maximum absolute atomic E-state index is 5.32. The van der Waals surface area contributed by atoms with Gasteiger partial charge < -0.3 is 13.3 Å². The number of hydrogen-bond donors (Lipinski definition) is 0. The van der Waals surface area contributed by atoms with Crippen LogP contribution in [0.25, 0.3) is 0 Å². The van der Waals surface area contributed by atoms with Crippen LogP contribution in [0, 0.1) is 0 Å². The summed E-state index contributed by atoms with van der Waals surface area (Å²) in [5.74, 6) is 3.24. The molecule has 0 aromatic rings. The average Bonchev–Trinajstić information content (AvgIpc) is 2.29. The first-order valence-electron chi connectivity index (χ1n) is 4.70. The molecule has 0 aliphatic carbocycles. The summed E-state index contributed by atoms with van der Waals surface area (Å²) in [6.07, 6.45) is 0. The Kier molecular flexibility index (Phi) is 10.1. The number of hydrogen-bond acceptors (Lipinski definition) is 5. The number of thioether (sulfide) groups is 2. The van der Waals surface area contributed by atoms with Gasteiger partial charge in [-0.05, 0) is 11.2 Å². The molecule has 0 rings (SSSR count). The molecule has 0 spiro atoms. The van der Waals surface area contributed by atoms with E-state index in [-0.39, 0.29) is 0 Å². The van der Waals surface area contributed by atoms with E-state index in [1.165, 1.54) is 0 Å². The molecule has 0 fully saturated rings. The van der Waals surface area contributed by atoms with Crippen molar-refractivity contribution in [2.45, 2.75) is 6.04 Å². The monoisotopic (exact) mass is 268 g/mol. The van der Waals surface area contributed by atoms with Crippen LogP contribution < -0.4 is 0 Å². The second-order valence-corrected chi connectivity index (χ2v) is 8.09. The summed E-state index contributed by atoms with van der Waals surface area (Å²) >= 11 is 3.64. The van der Waals surface area contributed by atoms with Crippen LogP contribution in [0.15, 0.2) is 12.0 Å². The van der Waals surface area contributed by atoms with Crippen molar-refractivity contribution in [1.82, 2.24) is 0 Å². The van der Waals surface area contributed by atoms with Crippen LogP contribution in [0.3, 0.4) is 0 Å². The van der Waals surface area contributed by atoms with Gasteiger partial charge in [0.05, 0.1) is 0 Å². The minimum absolute atomic E-state index is 0.861. The van der Waals surface area contributed by atoms with Crippen LogP contribution in [0.5, 0.6) is 0 Å². The Morgan fingerprint density at radius 1 is 1.07 bits per heavy atom. The first-order chi connectivity index (χ1) is 7.24. The summed E-state index contributed by atoms with van der Waals surface area (Å²) < 4.78 is 16.0. The van der Waals surface area contributed by atoms with Crippen LogP contribution in [0.4, 0.5) is 0 Å². The van der Waals surface area contributed by atoms with E-state index in [2.05, 4.69) is 6.58 Å². The molecule has 0 aliphatic rings. The second kappa shape index (κ2) is 9.74. The van der Waals surface area contributed by atoms with E-state index < -0.39 is 8.80 Å². The molecule has 6 heteroatoms. The zero-order chi connectivity index (χ0) is 11.6. The highest BCUT2D eigenvalue weighted by Crippen LogP contribution is 2.17. The van der Waals surface area contributed by atoms with Gasteiger partial charge in [0.2, 0.25) is 0 Å². The first-order valence-corrected chi connectivity index (χ1v) is 8.84. The molecule has 0 radical (unpaired) electrons. The van der Waals surface area contributed by atoms with Crippen LogP contribution in [-0.4, -0.2) is 47.4 Å².